The molecule has 9 nitrogen and oxygen atoms in total. The maximum absolute atomic E-state index is 13.4. The van der Waals surface area contributed by atoms with Crippen molar-refractivity contribution in [2.24, 2.45) is 0 Å². The highest BCUT2D eigenvalue weighted by Crippen LogP contribution is 2.41. The van der Waals surface area contributed by atoms with E-state index in [9.17, 15) is 15.0 Å². The lowest BCUT2D eigenvalue weighted by Gasteiger charge is -2.19. The lowest BCUT2D eigenvalue weighted by Crippen LogP contribution is -2.20. The zero-order valence-corrected chi connectivity index (χ0v) is 21.8. The van der Waals surface area contributed by atoms with Gasteiger partial charge in [-0.05, 0) is 75.5 Å². The number of para-hydroxylation sites is 1. The van der Waals surface area contributed by atoms with Gasteiger partial charge in [0, 0.05) is 24.8 Å². The van der Waals surface area contributed by atoms with Gasteiger partial charge in [-0.15, -0.1) is 0 Å². The van der Waals surface area contributed by atoms with Crippen molar-refractivity contribution in [2.45, 2.75) is 13.2 Å². The highest BCUT2D eigenvalue weighted by molar-refractivity contribution is 6.01. The Bertz CT molecular complexity index is 1720. The Kier molecular flexibility index (Phi) is 7.47. The van der Waals surface area contributed by atoms with E-state index < -0.39 is 0 Å². The number of aliphatic hydroxyl groups excluding tert-OH is 2. The van der Waals surface area contributed by atoms with Crippen LogP contribution in [0.3, 0.4) is 0 Å². The molecule has 0 fully saturated rings. The number of ether oxygens (including phenoxy) is 4. The molecular weight excluding hydrogens is 500 g/mol. The van der Waals surface area contributed by atoms with Crippen LogP contribution >= 0.6 is 0 Å². The maximum Gasteiger partial charge on any atom is 0.260 e. The standard InChI is InChI=1S/C30H28N2O7/c1-36-17-39-25-14-29(35)32(24-7-5-4-6-21(24)25)28-12-18(8-9-31-28)30-22-13-27(38-3)26(37-2)11-19(22)10-20(15-33)23(30)16-34/h4-14,33-34H,15-17H2,1-3H3. The molecular formula is C30H28N2O7. The van der Waals surface area contributed by atoms with Gasteiger partial charge < -0.3 is 29.2 Å². The van der Waals surface area contributed by atoms with E-state index in [1.54, 1.807) is 32.5 Å². The molecule has 0 aliphatic carbocycles. The molecule has 0 atom stereocenters. The van der Waals surface area contributed by atoms with Crippen LogP contribution in [-0.4, -0.2) is 47.9 Å². The van der Waals surface area contributed by atoms with Crippen LogP contribution < -0.4 is 19.8 Å². The first-order chi connectivity index (χ1) is 19.0. The largest absolute Gasteiger partial charge is 0.493 e. The van der Waals surface area contributed by atoms with E-state index in [-0.39, 0.29) is 25.6 Å². The Balaban J connectivity index is 1.78. The monoisotopic (exact) mass is 528 g/mol. The minimum absolute atomic E-state index is 0.00758. The molecule has 0 bridgehead atoms. The third kappa shape index (κ3) is 4.67. The number of aromatic nitrogens is 2. The first kappa shape index (κ1) is 26.2. The summed E-state index contributed by atoms with van der Waals surface area (Å²) in [7, 11) is 4.63. The molecule has 9 heteroatoms. The van der Waals surface area contributed by atoms with Crippen LogP contribution in [0.4, 0.5) is 0 Å². The number of nitrogens with zero attached hydrogens (tertiary/aromatic N) is 2. The predicted molar refractivity (Wildman–Crippen MR) is 148 cm³/mol. The lowest BCUT2D eigenvalue weighted by atomic mass is 9.90. The van der Waals surface area contributed by atoms with Crippen LogP contribution in [0.15, 0.2) is 71.7 Å². The summed E-state index contributed by atoms with van der Waals surface area (Å²) in [6.45, 7) is -0.562. The number of aliphatic hydroxyl groups is 2. The van der Waals surface area contributed by atoms with Gasteiger partial charge in [-0.1, -0.05) is 12.1 Å². The third-order valence-corrected chi connectivity index (χ3v) is 6.65. The second kappa shape index (κ2) is 11.1. The average molecular weight is 529 g/mol. The molecule has 0 saturated heterocycles. The third-order valence-electron chi connectivity index (χ3n) is 6.65. The Labute approximate surface area is 224 Å². The molecule has 0 radical (unpaired) electrons. The minimum atomic E-state index is -0.327. The second-order valence-electron chi connectivity index (χ2n) is 8.79. The fourth-order valence-corrected chi connectivity index (χ4v) is 4.90. The summed E-state index contributed by atoms with van der Waals surface area (Å²) in [6.07, 6.45) is 1.61. The van der Waals surface area contributed by atoms with Gasteiger partial charge in [0.1, 0.15) is 11.6 Å². The Hall–Kier alpha value is -4.44. The summed E-state index contributed by atoms with van der Waals surface area (Å²) >= 11 is 0. The summed E-state index contributed by atoms with van der Waals surface area (Å²) in [5, 5.41) is 22.8. The Morgan fingerprint density at radius 2 is 1.62 bits per heavy atom. The molecule has 0 amide bonds. The van der Waals surface area contributed by atoms with E-state index in [2.05, 4.69) is 4.98 Å². The molecule has 0 aliphatic rings. The quantitative estimate of drug-likeness (QED) is 0.274. The van der Waals surface area contributed by atoms with Gasteiger partial charge in [-0.2, -0.15) is 0 Å². The highest BCUT2D eigenvalue weighted by Gasteiger charge is 2.19. The van der Waals surface area contributed by atoms with Crippen molar-refractivity contribution in [3.05, 3.63) is 88.3 Å². The first-order valence-corrected chi connectivity index (χ1v) is 12.2. The fraction of sp³-hybridized carbons (Fsp3) is 0.200. The van der Waals surface area contributed by atoms with Crippen LogP contribution in [0.5, 0.6) is 17.2 Å². The number of fused-ring (bicyclic) bond motifs is 2. The number of methoxy groups -OCH3 is 3. The van der Waals surface area contributed by atoms with Crippen LogP contribution in [0.25, 0.3) is 38.6 Å². The number of hydrogen-bond donors (Lipinski definition) is 2. The maximum atomic E-state index is 13.4. The first-order valence-electron chi connectivity index (χ1n) is 12.2. The predicted octanol–water partition coefficient (Wildman–Crippen LogP) is 4.19. The van der Waals surface area contributed by atoms with E-state index >= 15 is 0 Å². The van der Waals surface area contributed by atoms with Gasteiger partial charge in [0.2, 0.25) is 0 Å². The van der Waals surface area contributed by atoms with Crippen molar-refractivity contribution < 1.29 is 29.2 Å². The van der Waals surface area contributed by atoms with Gasteiger partial charge in [-0.3, -0.25) is 9.36 Å². The van der Waals surface area contributed by atoms with Crippen LogP contribution in [-0.2, 0) is 18.0 Å². The minimum Gasteiger partial charge on any atom is -0.493 e. The Morgan fingerprint density at radius 1 is 0.846 bits per heavy atom. The van der Waals surface area contributed by atoms with E-state index in [0.717, 1.165) is 16.2 Å². The zero-order chi connectivity index (χ0) is 27.5. The Morgan fingerprint density at radius 3 is 2.33 bits per heavy atom. The summed E-state index contributed by atoms with van der Waals surface area (Å²) in [6, 6.07) is 17.9. The van der Waals surface area contributed by atoms with Crippen molar-refractivity contribution in [3.8, 4) is 34.2 Å². The molecule has 5 rings (SSSR count). The summed E-state index contributed by atoms with van der Waals surface area (Å²) in [4.78, 5) is 17.9. The number of benzene rings is 3. The molecule has 39 heavy (non-hydrogen) atoms. The summed E-state index contributed by atoms with van der Waals surface area (Å²) in [5.41, 5.74) is 2.83. The molecule has 2 heterocycles. The van der Waals surface area contributed by atoms with E-state index in [1.165, 1.54) is 17.7 Å². The molecule has 0 aliphatic heterocycles. The molecule has 0 saturated carbocycles. The van der Waals surface area contributed by atoms with Crippen molar-refractivity contribution in [3.63, 3.8) is 0 Å². The van der Waals surface area contributed by atoms with Crippen molar-refractivity contribution >= 4 is 21.7 Å². The molecule has 3 aromatic carbocycles. The van der Waals surface area contributed by atoms with Gasteiger partial charge in [0.25, 0.3) is 5.56 Å². The zero-order valence-electron chi connectivity index (χ0n) is 21.8. The molecule has 5 aromatic rings. The summed E-state index contributed by atoms with van der Waals surface area (Å²) in [5.74, 6) is 1.87. The molecule has 0 spiro atoms. The molecule has 0 unspecified atom stereocenters. The van der Waals surface area contributed by atoms with Crippen molar-refractivity contribution in [1.29, 1.82) is 0 Å². The van der Waals surface area contributed by atoms with Crippen molar-refractivity contribution in [1.82, 2.24) is 9.55 Å². The normalized spacial score (nSPS) is 11.2. The topological polar surface area (TPSA) is 112 Å². The van der Waals surface area contributed by atoms with Crippen LogP contribution in [0, 0.1) is 0 Å². The number of hydrogen-bond acceptors (Lipinski definition) is 8. The average Bonchev–Trinajstić information content (AvgIpc) is 2.97. The number of pyridine rings is 2. The van der Waals surface area contributed by atoms with Gasteiger partial charge in [0.05, 0.1) is 33.0 Å². The van der Waals surface area contributed by atoms with Gasteiger partial charge >= 0.3 is 0 Å². The van der Waals surface area contributed by atoms with Crippen molar-refractivity contribution in [2.75, 3.05) is 28.1 Å². The molecule has 2 N–H and O–H groups in total. The van der Waals surface area contributed by atoms with Crippen LogP contribution in [0.2, 0.25) is 0 Å². The van der Waals surface area contributed by atoms with E-state index in [1.807, 2.05) is 42.5 Å². The van der Waals surface area contributed by atoms with E-state index in [0.29, 0.717) is 50.8 Å². The molecule has 2 aromatic heterocycles. The smallest absolute Gasteiger partial charge is 0.260 e. The highest BCUT2D eigenvalue weighted by atomic mass is 16.7. The molecule has 200 valence electrons. The van der Waals surface area contributed by atoms with Gasteiger partial charge in [-0.25, -0.2) is 4.98 Å². The number of rotatable bonds is 9. The SMILES string of the molecule is COCOc1cc(=O)n(-c2cc(-c3c(CO)c(CO)cc4cc(OC)c(OC)cc34)ccn2)c2ccccc12. The van der Waals surface area contributed by atoms with Crippen LogP contribution in [0.1, 0.15) is 11.1 Å². The van der Waals surface area contributed by atoms with E-state index in [4.69, 9.17) is 18.9 Å². The van der Waals surface area contributed by atoms with Gasteiger partial charge in [0.15, 0.2) is 18.3 Å². The second-order valence-corrected chi connectivity index (χ2v) is 8.79. The lowest BCUT2D eigenvalue weighted by molar-refractivity contribution is 0.0521. The fourth-order valence-electron chi connectivity index (χ4n) is 4.90. The summed E-state index contributed by atoms with van der Waals surface area (Å²) < 4.78 is 23.2.